The van der Waals surface area contributed by atoms with Crippen LogP contribution in [0, 0.1) is 0 Å². The van der Waals surface area contributed by atoms with Crippen molar-refractivity contribution in [2.45, 2.75) is 5.03 Å². The lowest BCUT2D eigenvalue weighted by atomic mass is 10.1. The zero-order valence-electron chi connectivity index (χ0n) is 14.7. The summed E-state index contributed by atoms with van der Waals surface area (Å²) in [6, 6.07) is 15.0. The molecule has 0 amide bonds. The van der Waals surface area contributed by atoms with E-state index in [0.717, 1.165) is 28.9 Å². The topological polar surface area (TPSA) is 61.3 Å². The maximum absolute atomic E-state index is 11.7. The van der Waals surface area contributed by atoms with Crippen LogP contribution < -0.4 is 9.47 Å². The van der Waals surface area contributed by atoms with Gasteiger partial charge in [-0.2, -0.15) is 0 Å². The van der Waals surface area contributed by atoms with Crippen molar-refractivity contribution >= 4 is 18.0 Å². The molecule has 132 valence electrons. The number of carbonyl (C=O) groups excluding carboxylic acids is 1. The third kappa shape index (κ3) is 3.55. The van der Waals surface area contributed by atoms with Gasteiger partial charge in [0.15, 0.2) is 12.1 Å². The number of aldehydes is 1. The van der Waals surface area contributed by atoms with Gasteiger partial charge in [-0.1, -0.05) is 0 Å². The Hall–Kier alpha value is -2.86. The number of nitrogens with zero attached hydrogens (tertiary/aromatic N) is 2. The van der Waals surface area contributed by atoms with Crippen molar-refractivity contribution in [2.75, 3.05) is 20.5 Å². The molecule has 0 aliphatic heterocycles. The summed E-state index contributed by atoms with van der Waals surface area (Å²) in [6.45, 7) is 0. The molecule has 0 N–H and O–H groups in total. The number of benzene rings is 2. The van der Waals surface area contributed by atoms with Crippen LogP contribution in [0.15, 0.2) is 53.6 Å². The Balaban J connectivity index is 2.15. The number of hydrogen-bond acceptors (Lipinski definition) is 6. The minimum absolute atomic E-state index is 0.486. The minimum atomic E-state index is 0.486. The van der Waals surface area contributed by atoms with Crippen LogP contribution in [0.5, 0.6) is 11.5 Å². The maximum Gasteiger partial charge on any atom is 0.161 e. The molecule has 0 saturated heterocycles. The molecule has 0 saturated carbocycles. The van der Waals surface area contributed by atoms with Gasteiger partial charge in [-0.25, -0.2) is 9.97 Å². The second kappa shape index (κ2) is 8.01. The Labute approximate surface area is 156 Å². The van der Waals surface area contributed by atoms with E-state index in [4.69, 9.17) is 9.47 Å². The molecular formula is C20H18N2O3S. The molecule has 5 nitrogen and oxygen atoms in total. The lowest BCUT2D eigenvalue weighted by molar-refractivity contribution is 0.112. The molecule has 0 unspecified atom stereocenters. The van der Waals surface area contributed by atoms with E-state index in [9.17, 15) is 4.79 Å². The SMILES string of the molecule is COc1ccc(-c2nc(SC)c(C=O)c(-c3ccc(OC)cc3)n2)cc1. The summed E-state index contributed by atoms with van der Waals surface area (Å²) in [5, 5.41) is 0.645. The fraction of sp³-hybridized carbons (Fsp3) is 0.150. The fourth-order valence-electron chi connectivity index (χ4n) is 2.55. The standard InChI is InChI=1S/C20H18N2O3S/c1-24-15-8-4-13(5-9-15)18-17(12-23)20(26-3)22-19(21-18)14-6-10-16(25-2)11-7-14/h4-12H,1-3H3. The number of aromatic nitrogens is 2. The first-order valence-electron chi connectivity index (χ1n) is 7.90. The summed E-state index contributed by atoms with van der Waals surface area (Å²) in [5.74, 6) is 2.07. The van der Waals surface area contributed by atoms with Crippen molar-refractivity contribution in [1.29, 1.82) is 0 Å². The minimum Gasteiger partial charge on any atom is -0.497 e. The zero-order valence-corrected chi connectivity index (χ0v) is 15.5. The Bertz CT molecular complexity index is 910. The third-order valence-corrected chi connectivity index (χ3v) is 4.63. The lowest BCUT2D eigenvalue weighted by Crippen LogP contribution is -2.01. The van der Waals surface area contributed by atoms with Crippen molar-refractivity contribution in [1.82, 2.24) is 9.97 Å². The van der Waals surface area contributed by atoms with Crippen LogP contribution in [0.2, 0.25) is 0 Å². The predicted octanol–water partition coefficient (Wildman–Crippen LogP) is 4.36. The summed E-state index contributed by atoms with van der Waals surface area (Å²) >= 11 is 1.42. The first-order valence-corrected chi connectivity index (χ1v) is 9.12. The number of ether oxygens (including phenoxy) is 2. The quantitative estimate of drug-likeness (QED) is 0.367. The first-order chi connectivity index (χ1) is 12.7. The Morgan fingerprint density at radius 2 is 1.38 bits per heavy atom. The average Bonchev–Trinajstić information content (AvgIpc) is 2.72. The molecule has 0 fully saturated rings. The zero-order chi connectivity index (χ0) is 18.5. The molecule has 2 aromatic carbocycles. The van der Waals surface area contributed by atoms with Gasteiger partial charge in [0.2, 0.25) is 0 Å². The highest BCUT2D eigenvalue weighted by Gasteiger charge is 2.16. The fourth-order valence-corrected chi connectivity index (χ4v) is 3.09. The number of thioether (sulfide) groups is 1. The smallest absolute Gasteiger partial charge is 0.161 e. The largest absolute Gasteiger partial charge is 0.497 e. The van der Waals surface area contributed by atoms with Crippen molar-refractivity contribution in [3.8, 4) is 34.1 Å². The lowest BCUT2D eigenvalue weighted by Gasteiger charge is -2.11. The monoisotopic (exact) mass is 366 g/mol. The maximum atomic E-state index is 11.7. The highest BCUT2D eigenvalue weighted by Crippen LogP contribution is 2.31. The number of methoxy groups -OCH3 is 2. The van der Waals surface area contributed by atoms with Crippen molar-refractivity contribution in [3.05, 3.63) is 54.1 Å². The molecule has 26 heavy (non-hydrogen) atoms. The van der Waals surface area contributed by atoms with Crippen LogP contribution in [0.4, 0.5) is 0 Å². The van der Waals surface area contributed by atoms with Crippen molar-refractivity contribution in [3.63, 3.8) is 0 Å². The van der Waals surface area contributed by atoms with E-state index in [0.29, 0.717) is 22.1 Å². The molecule has 0 aliphatic carbocycles. The van der Waals surface area contributed by atoms with Gasteiger partial charge in [-0.05, 0) is 54.8 Å². The van der Waals surface area contributed by atoms with Crippen molar-refractivity contribution < 1.29 is 14.3 Å². The summed E-state index contributed by atoms with van der Waals surface area (Å²) in [6.07, 6.45) is 2.70. The van der Waals surface area contributed by atoms with E-state index in [1.54, 1.807) is 14.2 Å². The molecule has 1 aromatic heterocycles. The van der Waals surface area contributed by atoms with Crippen LogP contribution in [0.25, 0.3) is 22.6 Å². The van der Waals surface area contributed by atoms with Gasteiger partial charge < -0.3 is 9.47 Å². The Morgan fingerprint density at radius 3 is 1.85 bits per heavy atom. The molecule has 0 radical (unpaired) electrons. The molecule has 0 atom stereocenters. The van der Waals surface area contributed by atoms with Gasteiger partial charge in [-0.3, -0.25) is 4.79 Å². The predicted molar refractivity (Wildman–Crippen MR) is 103 cm³/mol. The van der Waals surface area contributed by atoms with Crippen LogP contribution >= 0.6 is 11.8 Å². The van der Waals surface area contributed by atoms with Gasteiger partial charge in [0.05, 0.1) is 25.5 Å². The first kappa shape index (κ1) is 17.9. The van der Waals surface area contributed by atoms with E-state index in [1.165, 1.54) is 11.8 Å². The normalized spacial score (nSPS) is 10.4. The summed E-state index contributed by atoms with van der Waals surface area (Å²) in [4.78, 5) is 20.9. The molecular weight excluding hydrogens is 348 g/mol. The van der Waals surface area contributed by atoms with E-state index in [-0.39, 0.29) is 0 Å². The van der Waals surface area contributed by atoms with E-state index in [1.807, 2.05) is 54.8 Å². The van der Waals surface area contributed by atoms with E-state index < -0.39 is 0 Å². The Morgan fingerprint density at radius 1 is 0.846 bits per heavy atom. The Kier molecular flexibility index (Phi) is 5.53. The van der Waals surface area contributed by atoms with Gasteiger partial charge in [0.1, 0.15) is 16.5 Å². The molecule has 0 spiro atoms. The molecule has 3 aromatic rings. The van der Waals surface area contributed by atoms with Gasteiger partial charge in [0, 0.05) is 11.1 Å². The second-order valence-electron chi connectivity index (χ2n) is 5.39. The van der Waals surface area contributed by atoms with Gasteiger partial charge in [0.25, 0.3) is 0 Å². The third-order valence-electron chi connectivity index (χ3n) is 3.93. The van der Waals surface area contributed by atoms with E-state index >= 15 is 0 Å². The molecule has 3 rings (SSSR count). The highest BCUT2D eigenvalue weighted by molar-refractivity contribution is 7.98. The summed E-state index contributed by atoms with van der Waals surface area (Å²) in [5.41, 5.74) is 2.78. The molecule has 0 bridgehead atoms. The number of carbonyl (C=O) groups is 1. The number of rotatable bonds is 6. The average molecular weight is 366 g/mol. The van der Waals surface area contributed by atoms with Crippen LogP contribution in [-0.4, -0.2) is 36.7 Å². The van der Waals surface area contributed by atoms with Crippen LogP contribution in [0.1, 0.15) is 10.4 Å². The van der Waals surface area contributed by atoms with Crippen LogP contribution in [-0.2, 0) is 0 Å². The van der Waals surface area contributed by atoms with Gasteiger partial charge in [-0.15, -0.1) is 11.8 Å². The van der Waals surface area contributed by atoms with Gasteiger partial charge >= 0.3 is 0 Å². The number of hydrogen-bond donors (Lipinski definition) is 0. The molecule has 6 heteroatoms. The summed E-state index contributed by atoms with van der Waals surface area (Å²) in [7, 11) is 3.24. The molecule has 1 heterocycles. The van der Waals surface area contributed by atoms with Crippen LogP contribution in [0.3, 0.4) is 0 Å². The summed E-state index contributed by atoms with van der Waals surface area (Å²) < 4.78 is 10.4. The highest BCUT2D eigenvalue weighted by atomic mass is 32.2. The second-order valence-corrected chi connectivity index (χ2v) is 6.19. The van der Waals surface area contributed by atoms with E-state index in [2.05, 4.69) is 9.97 Å². The molecule has 0 aliphatic rings. The van der Waals surface area contributed by atoms with Crippen molar-refractivity contribution in [2.24, 2.45) is 0 Å².